The molecule has 1 saturated heterocycles. The third-order valence-electron chi connectivity index (χ3n) is 5.55. The summed E-state index contributed by atoms with van der Waals surface area (Å²) in [4.78, 5) is 15.9. The fourth-order valence-corrected chi connectivity index (χ4v) is 3.66. The molecule has 0 N–H and O–H groups in total. The zero-order valence-electron chi connectivity index (χ0n) is 19.4. The predicted octanol–water partition coefficient (Wildman–Crippen LogP) is 5.09. The van der Waals surface area contributed by atoms with Crippen molar-refractivity contribution in [2.45, 2.75) is 33.4 Å². The van der Waals surface area contributed by atoms with Crippen LogP contribution in [0.5, 0.6) is 0 Å². The highest BCUT2D eigenvalue weighted by atomic mass is 19.3. The second-order valence-corrected chi connectivity index (χ2v) is 8.15. The van der Waals surface area contributed by atoms with Crippen molar-refractivity contribution in [3.63, 3.8) is 0 Å². The summed E-state index contributed by atoms with van der Waals surface area (Å²) in [6, 6.07) is 6.87. The highest BCUT2D eigenvalue weighted by Crippen LogP contribution is 2.31. The van der Waals surface area contributed by atoms with Gasteiger partial charge >= 0.3 is 6.55 Å². The summed E-state index contributed by atoms with van der Waals surface area (Å²) in [5, 5.41) is 3.93. The van der Waals surface area contributed by atoms with Crippen LogP contribution in [0, 0.1) is 25.5 Å². The monoisotopic (exact) mass is 488 g/mol. The quantitative estimate of drug-likeness (QED) is 0.374. The smallest absolute Gasteiger partial charge is 0.333 e. The molecule has 4 aromatic rings. The van der Waals surface area contributed by atoms with Gasteiger partial charge in [-0.3, -0.25) is 0 Å². The van der Waals surface area contributed by atoms with Crippen molar-refractivity contribution in [2.24, 2.45) is 0 Å². The van der Waals surface area contributed by atoms with Gasteiger partial charge in [0.05, 0.1) is 18.4 Å². The fraction of sp³-hybridized carbons (Fsp3) is 0.333. The minimum Gasteiger partial charge on any atom is -0.375 e. The maximum absolute atomic E-state index is 14.5. The molecule has 0 aliphatic carbocycles. The van der Waals surface area contributed by atoms with E-state index in [9.17, 15) is 17.6 Å². The van der Waals surface area contributed by atoms with E-state index in [1.165, 1.54) is 30.6 Å². The molecule has 3 aromatic heterocycles. The molecule has 184 valence electrons. The Bertz CT molecular complexity index is 1320. The molecule has 0 amide bonds. The van der Waals surface area contributed by atoms with Gasteiger partial charge in [0.25, 0.3) is 0 Å². The number of rotatable bonds is 3. The van der Waals surface area contributed by atoms with Gasteiger partial charge in [-0.1, -0.05) is 0 Å². The summed E-state index contributed by atoms with van der Waals surface area (Å²) in [7, 11) is 0. The van der Waals surface area contributed by atoms with E-state index >= 15 is 0 Å². The lowest BCUT2D eigenvalue weighted by Gasteiger charge is -2.31. The number of morpholine rings is 1. The van der Waals surface area contributed by atoms with E-state index in [-0.39, 0.29) is 11.7 Å². The molecule has 5 rings (SSSR count). The van der Waals surface area contributed by atoms with Crippen molar-refractivity contribution in [3.05, 3.63) is 65.6 Å². The number of pyridine rings is 1. The highest BCUT2D eigenvalue weighted by molar-refractivity contribution is 5.92. The lowest BCUT2D eigenvalue weighted by atomic mass is 10.1. The minimum atomic E-state index is -2.51. The van der Waals surface area contributed by atoms with Crippen molar-refractivity contribution in [1.82, 2.24) is 24.7 Å². The van der Waals surface area contributed by atoms with Gasteiger partial charge in [-0.15, -0.1) is 0 Å². The molecule has 35 heavy (non-hydrogen) atoms. The zero-order valence-corrected chi connectivity index (χ0v) is 19.4. The molecule has 11 heteroatoms. The van der Waals surface area contributed by atoms with Crippen LogP contribution in [0.1, 0.15) is 24.7 Å². The van der Waals surface area contributed by atoms with Gasteiger partial charge in [-0.05, 0) is 50.6 Å². The summed E-state index contributed by atoms with van der Waals surface area (Å²) < 4.78 is 57.1. The largest absolute Gasteiger partial charge is 0.375 e. The number of fused-ring (bicyclic) bond motifs is 1. The van der Waals surface area contributed by atoms with Crippen LogP contribution in [-0.4, -0.2) is 50.5 Å². The van der Waals surface area contributed by atoms with Gasteiger partial charge in [0.15, 0.2) is 5.65 Å². The maximum Gasteiger partial charge on any atom is 0.333 e. The van der Waals surface area contributed by atoms with E-state index in [1.54, 1.807) is 0 Å². The molecule has 0 radical (unpaired) electrons. The summed E-state index contributed by atoms with van der Waals surface area (Å²) in [5.74, 6) is -0.802. The number of hydrogen-bond donors (Lipinski definition) is 0. The standard InChI is InChI=1S/C20H20F2N4O.C4H4F2N2/c1-11-8-16-18(15-5-4-14(21)9-17(15)22)24-20(25-19(16)23-13(11)3)26-6-7-27-12(2)10-26;5-4(6)8-3-1-2-7-8/h4-5,8-9,12H,6-7,10H2,1-3H3;1-4H. The first-order valence-electron chi connectivity index (χ1n) is 11.0. The van der Waals surface area contributed by atoms with E-state index in [1.807, 2.05) is 31.7 Å². The number of benzene rings is 1. The molecule has 1 fully saturated rings. The first-order chi connectivity index (χ1) is 16.7. The number of nitrogens with zero attached hydrogens (tertiary/aromatic N) is 6. The highest BCUT2D eigenvalue weighted by Gasteiger charge is 2.22. The molecule has 1 unspecified atom stereocenters. The molecule has 1 aliphatic heterocycles. The first kappa shape index (κ1) is 24.5. The van der Waals surface area contributed by atoms with E-state index in [0.717, 1.165) is 17.3 Å². The van der Waals surface area contributed by atoms with Crippen molar-refractivity contribution >= 4 is 17.0 Å². The minimum absolute atomic E-state index is 0.0526. The van der Waals surface area contributed by atoms with Gasteiger partial charge < -0.3 is 9.64 Å². The molecule has 0 bridgehead atoms. The van der Waals surface area contributed by atoms with Crippen LogP contribution >= 0.6 is 0 Å². The molecule has 1 aromatic carbocycles. The van der Waals surface area contributed by atoms with Gasteiger partial charge in [0.1, 0.15) is 11.6 Å². The molecule has 1 atom stereocenters. The van der Waals surface area contributed by atoms with Crippen molar-refractivity contribution in [1.29, 1.82) is 0 Å². The van der Waals surface area contributed by atoms with Crippen LogP contribution in [0.25, 0.3) is 22.3 Å². The van der Waals surface area contributed by atoms with E-state index in [4.69, 9.17) is 4.74 Å². The van der Waals surface area contributed by atoms with E-state index in [2.05, 4.69) is 20.1 Å². The molecule has 7 nitrogen and oxygen atoms in total. The number of hydrogen-bond acceptors (Lipinski definition) is 6. The summed E-state index contributed by atoms with van der Waals surface area (Å²) in [6.07, 6.45) is 2.58. The first-order valence-corrected chi connectivity index (χ1v) is 11.0. The average Bonchev–Trinajstić information content (AvgIpc) is 3.36. The van der Waals surface area contributed by atoms with Gasteiger partial charge in [0, 0.05) is 48.2 Å². The summed E-state index contributed by atoms with van der Waals surface area (Å²) in [5.41, 5.74) is 2.97. The van der Waals surface area contributed by atoms with Gasteiger partial charge in [-0.25, -0.2) is 23.4 Å². The Hall–Kier alpha value is -3.60. The summed E-state index contributed by atoms with van der Waals surface area (Å²) in [6.45, 7) is 5.18. The van der Waals surface area contributed by atoms with Crippen LogP contribution in [0.3, 0.4) is 0 Å². The van der Waals surface area contributed by atoms with Crippen LogP contribution in [0.2, 0.25) is 0 Å². The van der Waals surface area contributed by atoms with Crippen molar-refractivity contribution in [2.75, 3.05) is 24.6 Å². The normalized spacial score (nSPS) is 15.9. The Morgan fingerprint density at radius 3 is 2.51 bits per heavy atom. The van der Waals surface area contributed by atoms with E-state index < -0.39 is 18.2 Å². The van der Waals surface area contributed by atoms with Crippen molar-refractivity contribution in [3.8, 4) is 11.3 Å². The Morgan fingerprint density at radius 2 is 1.89 bits per heavy atom. The fourth-order valence-electron chi connectivity index (χ4n) is 3.66. The number of alkyl halides is 2. The molecule has 0 saturated carbocycles. The Balaban J connectivity index is 0.000000308. The van der Waals surface area contributed by atoms with Gasteiger partial charge in [-0.2, -0.15) is 18.9 Å². The van der Waals surface area contributed by atoms with Crippen molar-refractivity contribution < 1.29 is 22.3 Å². The van der Waals surface area contributed by atoms with Crippen LogP contribution < -0.4 is 4.90 Å². The molecular formula is C24H24F4N6O. The second kappa shape index (κ2) is 10.3. The maximum atomic E-state index is 14.5. The van der Waals surface area contributed by atoms with Crippen LogP contribution in [-0.2, 0) is 4.74 Å². The molecule has 4 heterocycles. The van der Waals surface area contributed by atoms with Crippen LogP contribution in [0.4, 0.5) is 23.5 Å². The molecule has 1 aliphatic rings. The molecular weight excluding hydrogens is 464 g/mol. The summed E-state index contributed by atoms with van der Waals surface area (Å²) >= 11 is 0. The Morgan fingerprint density at radius 1 is 1.09 bits per heavy atom. The topological polar surface area (TPSA) is 69.0 Å². The Kier molecular flexibility index (Phi) is 7.25. The third-order valence-corrected chi connectivity index (χ3v) is 5.55. The van der Waals surface area contributed by atoms with E-state index in [0.29, 0.717) is 47.1 Å². The lowest BCUT2D eigenvalue weighted by molar-refractivity contribution is 0.0526. The second-order valence-electron chi connectivity index (χ2n) is 8.15. The zero-order chi connectivity index (χ0) is 25.1. The number of ether oxygens (including phenoxy) is 1. The lowest BCUT2D eigenvalue weighted by Crippen LogP contribution is -2.42. The van der Waals surface area contributed by atoms with Gasteiger partial charge in [0.2, 0.25) is 5.95 Å². The molecule has 0 spiro atoms. The number of aromatic nitrogens is 5. The average molecular weight is 488 g/mol. The predicted molar refractivity (Wildman–Crippen MR) is 123 cm³/mol. The number of anilines is 1. The van der Waals surface area contributed by atoms with Crippen LogP contribution in [0.15, 0.2) is 42.7 Å². The Labute approximate surface area is 199 Å². The number of halogens is 4. The number of aryl methyl sites for hydroxylation is 2. The third kappa shape index (κ3) is 5.56. The SMILES string of the molecule is Cc1cc2c(-c3ccc(F)cc3F)nc(N3CCOC(C)C3)nc2nc1C.FC(F)n1cccn1.